The predicted molar refractivity (Wildman–Crippen MR) is 107 cm³/mol. The van der Waals surface area contributed by atoms with Gasteiger partial charge in [0, 0.05) is 18.8 Å². The van der Waals surface area contributed by atoms with Crippen LogP contribution in [0.2, 0.25) is 0 Å². The van der Waals surface area contributed by atoms with Crippen molar-refractivity contribution >= 4 is 29.1 Å². The van der Waals surface area contributed by atoms with Crippen LogP contribution in [-0.2, 0) is 4.74 Å². The Morgan fingerprint density at radius 2 is 1.75 bits per heavy atom. The van der Waals surface area contributed by atoms with Crippen molar-refractivity contribution < 1.29 is 14.3 Å². The molecular formula is C21H20N4O3. The first-order valence-corrected chi connectivity index (χ1v) is 8.78. The number of esters is 1. The largest absolute Gasteiger partial charge is 0.462 e. The van der Waals surface area contributed by atoms with Crippen molar-refractivity contribution in [2.45, 2.75) is 6.92 Å². The predicted octanol–water partition coefficient (Wildman–Crippen LogP) is 3.67. The number of hydrogen-bond acceptors (Lipinski definition) is 6. The quantitative estimate of drug-likeness (QED) is 0.661. The van der Waals surface area contributed by atoms with Crippen LogP contribution in [0.5, 0.6) is 0 Å². The van der Waals surface area contributed by atoms with Gasteiger partial charge in [0.2, 0.25) is 0 Å². The maximum Gasteiger partial charge on any atom is 0.340 e. The standard InChI is InChI=1S/C21H20N4O3/c1-3-28-21(27)16-11-7-8-12-17(16)24-19-13-18(22-14-23-19)20(26)25(2)15-9-5-4-6-10-15/h4-14H,3H2,1-2H3,(H,22,23,24). The van der Waals surface area contributed by atoms with Crippen molar-refractivity contribution in [2.24, 2.45) is 0 Å². The van der Waals surface area contributed by atoms with Gasteiger partial charge in [0.15, 0.2) is 0 Å². The second-order valence-corrected chi connectivity index (χ2v) is 5.88. The van der Waals surface area contributed by atoms with Crippen LogP contribution < -0.4 is 10.2 Å². The van der Waals surface area contributed by atoms with Gasteiger partial charge in [0.25, 0.3) is 5.91 Å². The molecule has 0 saturated heterocycles. The summed E-state index contributed by atoms with van der Waals surface area (Å²) in [6.07, 6.45) is 1.31. The van der Waals surface area contributed by atoms with Gasteiger partial charge >= 0.3 is 5.97 Å². The molecule has 0 aliphatic heterocycles. The van der Waals surface area contributed by atoms with Gasteiger partial charge in [-0.25, -0.2) is 14.8 Å². The van der Waals surface area contributed by atoms with Gasteiger partial charge in [-0.05, 0) is 31.2 Å². The van der Waals surface area contributed by atoms with Crippen LogP contribution in [0.4, 0.5) is 17.2 Å². The zero-order valence-electron chi connectivity index (χ0n) is 15.6. The molecule has 1 N–H and O–H groups in total. The van der Waals surface area contributed by atoms with E-state index in [9.17, 15) is 9.59 Å². The van der Waals surface area contributed by atoms with Gasteiger partial charge in [-0.15, -0.1) is 0 Å². The number of hydrogen-bond donors (Lipinski definition) is 1. The molecular weight excluding hydrogens is 356 g/mol. The summed E-state index contributed by atoms with van der Waals surface area (Å²) in [6.45, 7) is 2.03. The summed E-state index contributed by atoms with van der Waals surface area (Å²) in [5.74, 6) is -0.299. The Balaban J connectivity index is 1.83. The minimum Gasteiger partial charge on any atom is -0.462 e. The van der Waals surface area contributed by atoms with Gasteiger partial charge in [0.05, 0.1) is 17.9 Å². The molecule has 0 aliphatic rings. The Kier molecular flexibility index (Phi) is 5.96. The first kappa shape index (κ1) is 19.0. The number of anilines is 3. The molecule has 28 heavy (non-hydrogen) atoms. The third-order valence-corrected chi connectivity index (χ3v) is 4.02. The highest BCUT2D eigenvalue weighted by Crippen LogP contribution is 2.21. The highest BCUT2D eigenvalue weighted by molar-refractivity contribution is 6.04. The van der Waals surface area contributed by atoms with Crippen LogP contribution in [0, 0.1) is 0 Å². The van der Waals surface area contributed by atoms with E-state index in [1.165, 1.54) is 11.2 Å². The number of para-hydroxylation sites is 2. The van der Waals surface area contributed by atoms with Crippen molar-refractivity contribution in [2.75, 3.05) is 23.9 Å². The Labute approximate surface area is 163 Å². The van der Waals surface area contributed by atoms with Gasteiger partial charge in [-0.2, -0.15) is 0 Å². The van der Waals surface area contributed by atoms with Crippen molar-refractivity contribution in [3.8, 4) is 0 Å². The number of rotatable bonds is 6. The molecule has 0 aliphatic carbocycles. The van der Waals surface area contributed by atoms with E-state index in [0.717, 1.165) is 5.69 Å². The van der Waals surface area contributed by atoms with Crippen molar-refractivity contribution in [3.63, 3.8) is 0 Å². The molecule has 0 spiro atoms. The van der Waals surface area contributed by atoms with E-state index >= 15 is 0 Å². The fraction of sp³-hybridized carbons (Fsp3) is 0.143. The molecule has 0 bridgehead atoms. The lowest BCUT2D eigenvalue weighted by Crippen LogP contribution is -2.27. The number of amides is 1. The maximum absolute atomic E-state index is 12.7. The summed E-state index contributed by atoms with van der Waals surface area (Å²) in [5.41, 5.74) is 1.91. The molecule has 7 nitrogen and oxygen atoms in total. The van der Waals surface area contributed by atoms with E-state index in [1.807, 2.05) is 30.3 Å². The average molecular weight is 376 g/mol. The number of benzene rings is 2. The lowest BCUT2D eigenvalue weighted by Gasteiger charge is -2.17. The monoisotopic (exact) mass is 376 g/mol. The van der Waals surface area contributed by atoms with Crippen LogP contribution in [0.25, 0.3) is 0 Å². The third kappa shape index (κ3) is 4.32. The van der Waals surface area contributed by atoms with Gasteiger partial charge in [0.1, 0.15) is 17.8 Å². The van der Waals surface area contributed by atoms with E-state index in [4.69, 9.17) is 4.74 Å². The SMILES string of the molecule is CCOC(=O)c1ccccc1Nc1cc(C(=O)N(C)c2ccccc2)ncn1. The third-order valence-electron chi connectivity index (χ3n) is 4.02. The van der Waals surface area contributed by atoms with Crippen LogP contribution in [0.1, 0.15) is 27.8 Å². The van der Waals surface area contributed by atoms with Crippen molar-refractivity contribution in [1.29, 1.82) is 0 Å². The molecule has 2 aromatic carbocycles. The second-order valence-electron chi connectivity index (χ2n) is 5.88. The minimum absolute atomic E-state index is 0.234. The molecule has 3 aromatic rings. The number of nitrogens with one attached hydrogen (secondary N) is 1. The lowest BCUT2D eigenvalue weighted by atomic mass is 10.2. The molecule has 0 radical (unpaired) electrons. The molecule has 7 heteroatoms. The van der Waals surface area contributed by atoms with Crippen LogP contribution in [0.15, 0.2) is 67.0 Å². The zero-order valence-corrected chi connectivity index (χ0v) is 15.6. The number of ether oxygens (including phenoxy) is 1. The normalized spacial score (nSPS) is 10.2. The van der Waals surface area contributed by atoms with Gasteiger partial charge < -0.3 is 15.0 Å². The number of nitrogens with zero attached hydrogens (tertiary/aromatic N) is 3. The van der Waals surface area contributed by atoms with E-state index in [2.05, 4.69) is 15.3 Å². The maximum atomic E-state index is 12.7. The van der Waals surface area contributed by atoms with E-state index in [-0.39, 0.29) is 18.2 Å². The Morgan fingerprint density at radius 1 is 1.04 bits per heavy atom. The van der Waals surface area contributed by atoms with Crippen molar-refractivity contribution in [1.82, 2.24) is 9.97 Å². The van der Waals surface area contributed by atoms with Crippen LogP contribution >= 0.6 is 0 Å². The summed E-state index contributed by atoms with van der Waals surface area (Å²) in [6, 6.07) is 17.8. The first-order valence-electron chi connectivity index (χ1n) is 8.78. The topological polar surface area (TPSA) is 84.4 Å². The smallest absolute Gasteiger partial charge is 0.340 e. The van der Waals surface area contributed by atoms with E-state index in [0.29, 0.717) is 17.1 Å². The number of carbonyl (C=O) groups is 2. The highest BCUT2D eigenvalue weighted by atomic mass is 16.5. The molecule has 1 heterocycles. The number of carbonyl (C=O) groups excluding carboxylic acids is 2. The zero-order chi connectivity index (χ0) is 19.9. The first-order chi connectivity index (χ1) is 13.6. The second kappa shape index (κ2) is 8.77. The lowest BCUT2D eigenvalue weighted by molar-refractivity contribution is 0.0527. The summed E-state index contributed by atoms with van der Waals surface area (Å²) in [4.78, 5) is 34.6. The minimum atomic E-state index is -0.431. The Morgan fingerprint density at radius 3 is 2.50 bits per heavy atom. The molecule has 0 atom stereocenters. The van der Waals surface area contributed by atoms with E-state index < -0.39 is 5.97 Å². The van der Waals surface area contributed by atoms with Gasteiger partial charge in [-0.3, -0.25) is 4.79 Å². The Bertz CT molecular complexity index is 976. The molecule has 0 unspecified atom stereocenters. The summed E-state index contributed by atoms with van der Waals surface area (Å²) in [7, 11) is 1.68. The summed E-state index contributed by atoms with van der Waals surface area (Å²) in [5, 5.41) is 3.06. The van der Waals surface area contributed by atoms with Crippen LogP contribution in [-0.4, -0.2) is 35.5 Å². The van der Waals surface area contributed by atoms with Crippen molar-refractivity contribution in [3.05, 3.63) is 78.2 Å². The average Bonchev–Trinajstić information content (AvgIpc) is 2.74. The molecule has 0 fully saturated rings. The fourth-order valence-electron chi connectivity index (χ4n) is 2.60. The van der Waals surface area contributed by atoms with Crippen LogP contribution in [0.3, 0.4) is 0 Å². The molecule has 142 valence electrons. The fourth-order valence-corrected chi connectivity index (χ4v) is 2.60. The van der Waals surface area contributed by atoms with Gasteiger partial charge in [-0.1, -0.05) is 30.3 Å². The molecule has 1 aromatic heterocycles. The molecule has 3 rings (SSSR count). The summed E-state index contributed by atoms with van der Waals surface area (Å²) >= 11 is 0. The number of aromatic nitrogens is 2. The van der Waals surface area contributed by atoms with E-state index in [1.54, 1.807) is 44.3 Å². The highest BCUT2D eigenvalue weighted by Gasteiger charge is 2.17. The molecule has 0 saturated carbocycles. The Hall–Kier alpha value is -3.74. The molecule has 1 amide bonds. The summed E-state index contributed by atoms with van der Waals surface area (Å²) < 4.78 is 5.08.